The third kappa shape index (κ3) is 6.75. The van der Waals surface area contributed by atoms with Crippen molar-refractivity contribution in [2.75, 3.05) is 0 Å². The number of benzene rings is 5. The van der Waals surface area contributed by atoms with Gasteiger partial charge in [-0.2, -0.15) is 0 Å². The third-order valence-electron chi connectivity index (χ3n) is 10.1. The molecule has 0 bridgehead atoms. The molecule has 0 radical (unpaired) electrons. The van der Waals surface area contributed by atoms with Crippen molar-refractivity contribution >= 4 is 20.0 Å². The van der Waals surface area contributed by atoms with Gasteiger partial charge in [-0.25, -0.2) is 0 Å². The van der Waals surface area contributed by atoms with E-state index in [1.807, 2.05) is 0 Å². The van der Waals surface area contributed by atoms with Crippen LogP contribution in [-0.4, -0.2) is 0 Å². The average molecular weight is 772 g/mol. The predicted octanol–water partition coefficient (Wildman–Crippen LogP) is 4.71. The van der Waals surface area contributed by atoms with E-state index in [1.54, 1.807) is 0 Å². The Hall–Kier alpha value is -3.22. The maximum absolute atomic E-state index is 2.56. The normalized spacial score (nSPS) is 13.5. The summed E-state index contributed by atoms with van der Waals surface area (Å²) in [6.07, 6.45) is 5.71. The van der Waals surface area contributed by atoms with Crippen LogP contribution in [0.3, 0.4) is 0 Å². The Morgan fingerprint density at radius 2 is 1.22 bits per heavy atom. The Balaban J connectivity index is 0.00000243. The molecule has 0 N–H and O–H groups in total. The second-order valence-electron chi connectivity index (χ2n) is 15.7. The second-order valence-corrected chi connectivity index (χ2v) is 16.9. The minimum absolute atomic E-state index is 0. The van der Waals surface area contributed by atoms with Crippen molar-refractivity contribution in [3.05, 3.63) is 176 Å². The molecule has 7 rings (SSSR count). The molecular weight excluding hydrogens is 727 g/mol. The number of hydrogen-bond donors (Lipinski definition) is 0. The van der Waals surface area contributed by atoms with Crippen molar-refractivity contribution in [1.82, 2.24) is 0 Å². The first-order valence-electron chi connectivity index (χ1n) is 17.3. The molecule has 0 spiro atoms. The molecule has 0 amide bonds. The van der Waals surface area contributed by atoms with Gasteiger partial charge in [-0.3, -0.25) is 0 Å². The van der Waals surface area contributed by atoms with E-state index in [2.05, 4.69) is 171 Å². The fraction of sp³-hybridized carbons (Fsp3) is 0.234. The predicted molar refractivity (Wildman–Crippen MR) is 202 cm³/mol. The molecule has 5 aromatic carbocycles. The fourth-order valence-corrected chi connectivity index (χ4v) is 8.96. The van der Waals surface area contributed by atoms with Gasteiger partial charge in [0, 0.05) is 0 Å². The molecule has 0 atom stereocenters. The molecular formula is C47H45Cl2Zr. The maximum Gasteiger partial charge on any atom is -1.00 e. The van der Waals surface area contributed by atoms with E-state index in [-0.39, 0.29) is 35.6 Å². The Kier molecular flexibility index (Phi) is 11.0. The quantitative estimate of drug-likeness (QED) is 0.249. The minimum Gasteiger partial charge on any atom is -1.00 e. The molecule has 2 aliphatic rings. The van der Waals surface area contributed by atoms with Crippen molar-refractivity contribution < 1.29 is 49.5 Å². The van der Waals surface area contributed by atoms with Gasteiger partial charge in [-0.1, -0.05) is 0 Å². The van der Waals surface area contributed by atoms with Crippen LogP contribution in [0.4, 0.5) is 0 Å². The van der Waals surface area contributed by atoms with E-state index in [0.29, 0.717) is 0 Å². The van der Waals surface area contributed by atoms with E-state index in [4.69, 9.17) is 0 Å². The zero-order chi connectivity index (χ0) is 34.0. The van der Waals surface area contributed by atoms with Crippen LogP contribution in [0.2, 0.25) is 0 Å². The summed E-state index contributed by atoms with van der Waals surface area (Å²) < 4.78 is 1.48. The smallest absolute Gasteiger partial charge is 1.00 e. The van der Waals surface area contributed by atoms with Gasteiger partial charge in [0.2, 0.25) is 0 Å². The zero-order valence-corrected chi connectivity index (χ0v) is 34.4. The standard InChI is InChI=1S/C47H45.2ClH.Zr/c1-30-22-24-36(31(2)26-30)38-20-15-21-39(38)44-41-28-34-27-35(46(3,4)5)23-25-37(34)40(41)29-42(45(44)47(6,7)8)43(32-16-11-9-12-17-32)33-18-13-10-14-19-33;;;/h9-20,22-27,29H,21H2,1-8H3;2*1H;/q;;;+2/p-2. The van der Waals surface area contributed by atoms with Crippen LogP contribution in [0, 0.1) is 13.8 Å². The summed E-state index contributed by atoms with van der Waals surface area (Å²) >= 11 is 1.46. The SMILES string of the molecule is Cc1ccc(C2=C(c3c(C(C)(C)C)c(=C(c4ccccc4)c4ccccc4)cc4c3=[C]([Zr+2])c3cc(C(C)(C)C)ccc3-4)CC=C2)c(C)c1.[Cl-].[Cl-]. The summed E-state index contributed by atoms with van der Waals surface area (Å²) in [5.74, 6) is 0. The molecule has 0 fully saturated rings. The van der Waals surface area contributed by atoms with Crippen molar-refractivity contribution in [1.29, 1.82) is 0 Å². The Morgan fingerprint density at radius 3 is 1.78 bits per heavy atom. The zero-order valence-electron chi connectivity index (χ0n) is 30.4. The van der Waals surface area contributed by atoms with Gasteiger partial charge in [0.25, 0.3) is 0 Å². The number of rotatable bonds is 4. The van der Waals surface area contributed by atoms with Crippen LogP contribution < -0.4 is 35.3 Å². The molecule has 0 nitrogen and oxygen atoms in total. The summed E-state index contributed by atoms with van der Waals surface area (Å²) in [5.41, 5.74) is 19.0. The Labute approximate surface area is 326 Å². The molecule has 3 heteroatoms. The molecule has 0 aliphatic heterocycles. The first-order valence-corrected chi connectivity index (χ1v) is 18.5. The van der Waals surface area contributed by atoms with Gasteiger partial charge in [0.1, 0.15) is 0 Å². The van der Waals surface area contributed by atoms with Crippen molar-refractivity contribution in [3.8, 4) is 11.1 Å². The molecule has 0 saturated heterocycles. The van der Waals surface area contributed by atoms with Crippen LogP contribution in [0.5, 0.6) is 0 Å². The largest absolute Gasteiger partial charge is 1.00 e. The molecule has 0 unspecified atom stereocenters. The third-order valence-corrected chi connectivity index (χ3v) is 11.3. The molecule has 2 aliphatic carbocycles. The van der Waals surface area contributed by atoms with E-state index >= 15 is 0 Å². The molecule has 50 heavy (non-hydrogen) atoms. The second kappa shape index (κ2) is 14.4. The Bertz CT molecular complexity index is 2240. The van der Waals surface area contributed by atoms with Gasteiger partial charge < -0.3 is 24.8 Å². The molecule has 5 aromatic rings. The number of halogens is 2. The number of hydrogen-bond acceptors (Lipinski definition) is 0. The fourth-order valence-electron chi connectivity index (χ4n) is 7.82. The molecule has 0 aromatic heterocycles. The minimum atomic E-state index is -0.126. The van der Waals surface area contributed by atoms with Gasteiger partial charge in [-0.15, -0.1) is 0 Å². The molecule has 0 saturated carbocycles. The van der Waals surface area contributed by atoms with Gasteiger partial charge in [0.05, 0.1) is 0 Å². The van der Waals surface area contributed by atoms with E-state index in [1.165, 1.54) is 116 Å². The van der Waals surface area contributed by atoms with Gasteiger partial charge in [0.15, 0.2) is 0 Å². The summed E-state index contributed by atoms with van der Waals surface area (Å²) in [6, 6.07) is 38.9. The van der Waals surface area contributed by atoms with E-state index < -0.39 is 0 Å². The van der Waals surface area contributed by atoms with E-state index in [9.17, 15) is 0 Å². The number of fused-ring (bicyclic) bond motifs is 3. The summed E-state index contributed by atoms with van der Waals surface area (Å²) in [4.78, 5) is 0. The maximum atomic E-state index is 2.56. The van der Waals surface area contributed by atoms with Crippen LogP contribution in [0.25, 0.3) is 31.1 Å². The first kappa shape index (κ1) is 38.0. The summed E-state index contributed by atoms with van der Waals surface area (Å²) in [6.45, 7) is 18.7. The summed E-state index contributed by atoms with van der Waals surface area (Å²) in [7, 11) is 0. The van der Waals surface area contributed by atoms with Crippen LogP contribution in [0.15, 0.2) is 115 Å². The Morgan fingerprint density at radius 1 is 0.620 bits per heavy atom. The topological polar surface area (TPSA) is 0 Å². The number of allylic oxidation sites excluding steroid dienone is 4. The van der Waals surface area contributed by atoms with Gasteiger partial charge >= 0.3 is 304 Å². The van der Waals surface area contributed by atoms with Crippen molar-refractivity contribution in [2.45, 2.75) is 72.6 Å². The summed E-state index contributed by atoms with van der Waals surface area (Å²) in [5, 5.41) is 2.79. The monoisotopic (exact) mass is 769 g/mol. The average Bonchev–Trinajstić information content (AvgIpc) is 3.63. The molecule has 251 valence electrons. The molecule has 0 heterocycles. The first-order chi connectivity index (χ1) is 22.8. The van der Waals surface area contributed by atoms with Gasteiger partial charge in [-0.05, 0) is 0 Å². The number of aryl methyl sites for hydroxylation is 2. The van der Waals surface area contributed by atoms with Crippen LogP contribution >= 0.6 is 0 Å². The van der Waals surface area contributed by atoms with Crippen LogP contribution in [-0.2, 0) is 35.5 Å². The van der Waals surface area contributed by atoms with E-state index in [0.717, 1.165) is 6.42 Å². The van der Waals surface area contributed by atoms with Crippen LogP contribution in [0.1, 0.15) is 98.0 Å². The van der Waals surface area contributed by atoms with Crippen molar-refractivity contribution in [3.63, 3.8) is 0 Å². The van der Waals surface area contributed by atoms with Crippen molar-refractivity contribution in [2.24, 2.45) is 0 Å².